The second-order valence-electron chi connectivity index (χ2n) is 4.08. The molecule has 3 N–H and O–H groups in total. The molecule has 1 fully saturated rings. The van der Waals surface area contributed by atoms with Crippen LogP contribution in [0.25, 0.3) is 0 Å². The van der Waals surface area contributed by atoms with Crippen LogP contribution in [0.5, 0.6) is 0 Å². The first-order valence-corrected chi connectivity index (χ1v) is 5.55. The van der Waals surface area contributed by atoms with Crippen LogP contribution in [0.1, 0.15) is 6.42 Å². The van der Waals surface area contributed by atoms with E-state index in [0.717, 1.165) is 26.2 Å². The lowest BCUT2D eigenvalue weighted by Crippen LogP contribution is -2.49. The maximum absolute atomic E-state index is 11.7. The quantitative estimate of drug-likeness (QED) is 0.546. The predicted molar refractivity (Wildman–Crippen MR) is 60.8 cm³/mol. The maximum atomic E-state index is 11.7. The van der Waals surface area contributed by atoms with Crippen molar-refractivity contribution in [3.05, 3.63) is 0 Å². The highest BCUT2D eigenvalue weighted by Gasteiger charge is 2.18. The summed E-state index contributed by atoms with van der Waals surface area (Å²) in [5, 5.41) is 2.92. The van der Waals surface area contributed by atoms with Gasteiger partial charge >= 0.3 is 0 Å². The third-order valence-electron chi connectivity index (χ3n) is 2.68. The summed E-state index contributed by atoms with van der Waals surface area (Å²) >= 11 is 0. The molecule has 0 spiro atoms. The number of nitrogens with one attached hydrogen (secondary N) is 1. The minimum atomic E-state index is -0.348. The second-order valence-corrected chi connectivity index (χ2v) is 4.08. The van der Waals surface area contributed by atoms with E-state index in [-0.39, 0.29) is 24.8 Å². The van der Waals surface area contributed by atoms with Crippen molar-refractivity contribution in [2.75, 3.05) is 46.3 Å². The number of carbonyl (C=O) groups excluding carboxylic acids is 2. The highest BCUT2D eigenvalue weighted by molar-refractivity contribution is 5.78. The molecule has 0 radical (unpaired) electrons. The van der Waals surface area contributed by atoms with E-state index in [1.807, 2.05) is 11.9 Å². The summed E-state index contributed by atoms with van der Waals surface area (Å²) in [4.78, 5) is 26.2. The number of amides is 2. The highest BCUT2D eigenvalue weighted by Crippen LogP contribution is 1.98. The Labute approximate surface area is 95.8 Å². The van der Waals surface area contributed by atoms with E-state index >= 15 is 0 Å². The van der Waals surface area contributed by atoms with E-state index in [2.05, 4.69) is 10.2 Å². The van der Waals surface area contributed by atoms with Crippen molar-refractivity contribution in [2.24, 2.45) is 5.73 Å². The summed E-state index contributed by atoms with van der Waals surface area (Å²) < 4.78 is 0. The van der Waals surface area contributed by atoms with Crippen molar-refractivity contribution in [1.29, 1.82) is 0 Å². The lowest BCUT2D eigenvalue weighted by molar-refractivity contribution is -0.132. The van der Waals surface area contributed by atoms with E-state index in [0.29, 0.717) is 6.54 Å². The van der Waals surface area contributed by atoms with Gasteiger partial charge in [-0.2, -0.15) is 0 Å². The molecule has 1 aliphatic heterocycles. The Balaban J connectivity index is 2.12. The van der Waals surface area contributed by atoms with Crippen LogP contribution >= 0.6 is 0 Å². The molecule has 0 unspecified atom stereocenters. The molecule has 16 heavy (non-hydrogen) atoms. The molecule has 0 aromatic heterocycles. The van der Waals surface area contributed by atoms with Crippen molar-refractivity contribution in [3.63, 3.8) is 0 Å². The van der Waals surface area contributed by atoms with Crippen molar-refractivity contribution in [2.45, 2.75) is 6.42 Å². The normalized spacial score (nSPS) is 17.4. The van der Waals surface area contributed by atoms with Gasteiger partial charge in [0.2, 0.25) is 11.8 Å². The third-order valence-corrected chi connectivity index (χ3v) is 2.68. The molecule has 0 saturated carbocycles. The number of rotatable bonds is 5. The summed E-state index contributed by atoms with van der Waals surface area (Å²) in [5.41, 5.74) is 4.99. The molecule has 1 heterocycles. The molecule has 92 valence electrons. The summed E-state index contributed by atoms with van der Waals surface area (Å²) in [6, 6.07) is 0. The third kappa shape index (κ3) is 4.59. The highest BCUT2D eigenvalue weighted by atomic mass is 16.2. The van der Waals surface area contributed by atoms with Gasteiger partial charge in [0.1, 0.15) is 0 Å². The molecule has 6 nitrogen and oxygen atoms in total. The van der Waals surface area contributed by atoms with Crippen molar-refractivity contribution >= 4 is 11.8 Å². The van der Waals surface area contributed by atoms with Gasteiger partial charge in [-0.1, -0.05) is 0 Å². The topological polar surface area (TPSA) is 78.7 Å². The second kappa shape index (κ2) is 6.44. The van der Waals surface area contributed by atoms with E-state index in [1.165, 1.54) is 0 Å². The van der Waals surface area contributed by atoms with Gasteiger partial charge in [0, 0.05) is 39.1 Å². The number of nitrogens with two attached hydrogens (primary N) is 1. The summed E-state index contributed by atoms with van der Waals surface area (Å²) in [5.74, 6) is -0.253. The number of likely N-dealkylation sites (N-methyl/N-ethyl adjacent to an activating group) is 1. The Kier molecular flexibility index (Phi) is 5.21. The SMILES string of the molecule is CN1CCN(C(=O)CNCCC(N)=O)CC1. The number of hydrogen-bond donors (Lipinski definition) is 2. The predicted octanol–water partition coefficient (Wildman–Crippen LogP) is -1.77. The summed E-state index contributed by atoms with van der Waals surface area (Å²) in [6.45, 7) is 4.17. The van der Waals surface area contributed by atoms with Gasteiger partial charge < -0.3 is 20.9 Å². The first kappa shape index (κ1) is 12.9. The molecular weight excluding hydrogens is 208 g/mol. The lowest BCUT2D eigenvalue weighted by Gasteiger charge is -2.32. The molecule has 0 aliphatic carbocycles. The van der Waals surface area contributed by atoms with Crippen LogP contribution in [-0.2, 0) is 9.59 Å². The van der Waals surface area contributed by atoms with Crippen LogP contribution in [0.4, 0.5) is 0 Å². The Morgan fingerprint density at radius 1 is 1.25 bits per heavy atom. The van der Waals surface area contributed by atoms with Gasteiger partial charge in [0.25, 0.3) is 0 Å². The Morgan fingerprint density at radius 2 is 1.88 bits per heavy atom. The first-order valence-electron chi connectivity index (χ1n) is 5.55. The monoisotopic (exact) mass is 228 g/mol. The molecule has 1 rings (SSSR count). The van der Waals surface area contributed by atoms with Gasteiger partial charge in [-0.15, -0.1) is 0 Å². The van der Waals surface area contributed by atoms with Gasteiger partial charge in [0.15, 0.2) is 0 Å². The van der Waals surface area contributed by atoms with Crippen LogP contribution in [0, 0.1) is 0 Å². The van der Waals surface area contributed by atoms with Crippen molar-refractivity contribution < 1.29 is 9.59 Å². The van der Waals surface area contributed by atoms with E-state index in [9.17, 15) is 9.59 Å². The minimum absolute atomic E-state index is 0.0950. The number of hydrogen-bond acceptors (Lipinski definition) is 4. The number of carbonyl (C=O) groups is 2. The first-order chi connectivity index (χ1) is 7.59. The standard InChI is InChI=1S/C10H20N4O2/c1-13-4-6-14(7-5-13)10(16)8-12-3-2-9(11)15/h12H,2-8H2,1H3,(H2,11,15). The van der Waals surface area contributed by atoms with Crippen molar-refractivity contribution in [3.8, 4) is 0 Å². The van der Waals surface area contributed by atoms with Crippen LogP contribution in [0.3, 0.4) is 0 Å². The molecule has 0 aromatic carbocycles. The Bertz CT molecular complexity index is 249. The Hall–Kier alpha value is -1.14. The molecule has 0 bridgehead atoms. The summed E-state index contributed by atoms with van der Waals surface area (Å²) in [6.07, 6.45) is 0.274. The lowest BCUT2D eigenvalue weighted by atomic mass is 10.3. The smallest absolute Gasteiger partial charge is 0.236 e. The molecule has 0 aromatic rings. The number of nitrogens with zero attached hydrogens (tertiary/aromatic N) is 2. The van der Waals surface area contributed by atoms with Crippen LogP contribution in [0.15, 0.2) is 0 Å². The van der Waals surface area contributed by atoms with E-state index in [4.69, 9.17) is 5.73 Å². The van der Waals surface area contributed by atoms with Gasteiger partial charge in [0.05, 0.1) is 6.54 Å². The zero-order valence-corrected chi connectivity index (χ0v) is 9.74. The Morgan fingerprint density at radius 3 is 2.44 bits per heavy atom. The molecular formula is C10H20N4O2. The largest absolute Gasteiger partial charge is 0.370 e. The van der Waals surface area contributed by atoms with Crippen LogP contribution in [0.2, 0.25) is 0 Å². The molecule has 1 aliphatic rings. The van der Waals surface area contributed by atoms with Gasteiger partial charge in [-0.25, -0.2) is 0 Å². The molecule has 1 saturated heterocycles. The van der Waals surface area contributed by atoms with Gasteiger partial charge in [-0.3, -0.25) is 9.59 Å². The number of primary amides is 1. The van der Waals surface area contributed by atoms with Gasteiger partial charge in [-0.05, 0) is 7.05 Å². The minimum Gasteiger partial charge on any atom is -0.370 e. The fraction of sp³-hybridized carbons (Fsp3) is 0.800. The fourth-order valence-electron chi connectivity index (χ4n) is 1.57. The molecule has 2 amide bonds. The zero-order valence-electron chi connectivity index (χ0n) is 9.74. The number of piperazine rings is 1. The zero-order chi connectivity index (χ0) is 12.0. The van der Waals surface area contributed by atoms with Crippen molar-refractivity contribution in [1.82, 2.24) is 15.1 Å². The average Bonchev–Trinajstić information content (AvgIpc) is 2.25. The molecule has 0 atom stereocenters. The van der Waals surface area contributed by atoms with E-state index in [1.54, 1.807) is 0 Å². The van der Waals surface area contributed by atoms with Crippen LogP contribution in [-0.4, -0.2) is 67.9 Å². The van der Waals surface area contributed by atoms with Crippen LogP contribution < -0.4 is 11.1 Å². The summed E-state index contributed by atoms with van der Waals surface area (Å²) in [7, 11) is 2.05. The molecule has 6 heteroatoms. The van der Waals surface area contributed by atoms with E-state index < -0.39 is 0 Å². The maximum Gasteiger partial charge on any atom is 0.236 e. The fourth-order valence-corrected chi connectivity index (χ4v) is 1.57. The average molecular weight is 228 g/mol.